The Labute approximate surface area is 381 Å². The molecule has 1 aliphatic heterocycles. The zero-order valence-corrected chi connectivity index (χ0v) is 37.5. The summed E-state index contributed by atoms with van der Waals surface area (Å²) in [7, 11) is 1.51. The number of hydrogen-bond acceptors (Lipinski definition) is 11. The number of pyridine rings is 1. The molecule has 0 radical (unpaired) electrons. The summed E-state index contributed by atoms with van der Waals surface area (Å²) in [5.41, 5.74) is 5.83. The zero-order chi connectivity index (χ0) is 45.6. The van der Waals surface area contributed by atoms with E-state index in [1.807, 2.05) is 67.6 Å². The van der Waals surface area contributed by atoms with Crippen LogP contribution in [0.2, 0.25) is 0 Å². The number of carbonyl (C=O) groups excluding carboxylic acids is 1. The van der Waals surface area contributed by atoms with Crippen molar-refractivity contribution in [3.05, 3.63) is 149 Å². The summed E-state index contributed by atoms with van der Waals surface area (Å²) in [4.78, 5) is 26.6. The number of halogens is 1. The van der Waals surface area contributed by atoms with Gasteiger partial charge >= 0.3 is 6.09 Å². The van der Waals surface area contributed by atoms with Crippen molar-refractivity contribution in [3.63, 3.8) is 0 Å². The predicted octanol–water partition coefficient (Wildman–Crippen LogP) is 9.23. The van der Waals surface area contributed by atoms with Crippen LogP contribution >= 0.6 is 0 Å². The van der Waals surface area contributed by atoms with E-state index in [4.69, 9.17) is 28.5 Å². The fourth-order valence-electron chi connectivity index (χ4n) is 9.81. The molecule has 6 atom stereocenters. The summed E-state index contributed by atoms with van der Waals surface area (Å²) in [5.74, 6) is -1.43. The van der Waals surface area contributed by atoms with Crippen molar-refractivity contribution in [1.82, 2.24) is 9.88 Å². The number of unbranched alkanes of at least 4 members (excludes halogenated alkanes) is 2. The van der Waals surface area contributed by atoms with Crippen LogP contribution in [0.4, 0.5) is 9.18 Å². The molecule has 0 unspecified atom stereocenters. The van der Waals surface area contributed by atoms with E-state index in [9.17, 15) is 19.4 Å². The van der Waals surface area contributed by atoms with Gasteiger partial charge < -0.3 is 38.7 Å². The summed E-state index contributed by atoms with van der Waals surface area (Å²) >= 11 is 0. The number of allylic oxidation sites excluding steroid dienone is 1. The third-order valence-electron chi connectivity index (χ3n) is 12.6. The predicted molar refractivity (Wildman–Crippen MR) is 245 cm³/mol. The maximum atomic E-state index is 14.8. The standard InChI is InChI=1S/C52H62FN3O9/c1-4-27-64-52-48(56(33-37-19-21-40(53)22-20-37)51(59)62-29-28-61-34-38-14-6-5-7-15-38)32-46(55-60-3)44-30-39(16-8-10-25-57)43(18-9-11-26-58)49(50(44)52)45-31-42(23-24-47(45)65-52)63-35-41-17-12-13-36(2)54-41/h4-7,12-15,17,19-24,30-31,39,43,48-50,57-58H,1,8-11,16,18,25-29,32-35H2,2-3H3/t39-,43+,48-,49+,50+,52+/m0/s1. The van der Waals surface area contributed by atoms with Gasteiger partial charge in [-0.1, -0.05) is 78.7 Å². The number of aliphatic hydroxyl groups excluding tert-OH is 2. The molecule has 0 bridgehead atoms. The van der Waals surface area contributed by atoms with Gasteiger partial charge in [0.2, 0.25) is 5.79 Å². The fourth-order valence-corrected chi connectivity index (χ4v) is 9.81. The van der Waals surface area contributed by atoms with Crippen LogP contribution in [0.3, 0.4) is 0 Å². The summed E-state index contributed by atoms with van der Waals surface area (Å²) in [6, 6.07) is 26.6. The molecule has 7 rings (SSSR count). The lowest BCUT2D eigenvalue weighted by molar-refractivity contribution is -0.256. The van der Waals surface area contributed by atoms with Crippen LogP contribution in [0.5, 0.6) is 11.5 Å². The average molecular weight is 892 g/mol. The van der Waals surface area contributed by atoms with Gasteiger partial charge in [0.25, 0.3) is 0 Å². The molecule has 1 amide bonds. The average Bonchev–Trinajstić information content (AvgIpc) is 3.32. The minimum Gasteiger partial charge on any atom is -0.487 e. The summed E-state index contributed by atoms with van der Waals surface area (Å²) in [5, 5.41) is 24.5. The molecule has 1 fully saturated rings. The summed E-state index contributed by atoms with van der Waals surface area (Å²) in [6.45, 7) is 7.00. The molecule has 1 aromatic heterocycles. The smallest absolute Gasteiger partial charge is 0.410 e. The molecule has 3 aliphatic rings. The van der Waals surface area contributed by atoms with Gasteiger partial charge in [0.05, 0.1) is 37.1 Å². The maximum Gasteiger partial charge on any atom is 0.410 e. The van der Waals surface area contributed by atoms with Crippen molar-refractivity contribution in [1.29, 1.82) is 0 Å². The number of hydrogen-bond donors (Lipinski definition) is 2. The lowest BCUT2D eigenvalue weighted by Gasteiger charge is -2.59. The Bertz CT molecular complexity index is 2240. The van der Waals surface area contributed by atoms with Gasteiger partial charge in [0.1, 0.15) is 43.7 Å². The first-order valence-corrected chi connectivity index (χ1v) is 22.7. The number of aromatic nitrogens is 1. The molecule has 346 valence electrons. The molecule has 3 aromatic carbocycles. The molecule has 1 saturated carbocycles. The van der Waals surface area contributed by atoms with E-state index in [0.717, 1.165) is 53.8 Å². The molecule has 13 heteroatoms. The number of ether oxygens (including phenoxy) is 5. The van der Waals surface area contributed by atoms with E-state index in [2.05, 4.69) is 28.9 Å². The van der Waals surface area contributed by atoms with Gasteiger partial charge in [-0.15, -0.1) is 6.58 Å². The van der Waals surface area contributed by atoms with Gasteiger partial charge in [-0.2, -0.15) is 0 Å². The molecular formula is C52H62FN3O9. The van der Waals surface area contributed by atoms with Crippen molar-refractivity contribution >= 4 is 11.8 Å². The monoisotopic (exact) mass is 891 g/mol. The van der Waals surface area contributed by atoms with Crippen molar-refractivity contribution in [2.45, 2.75) is 89.4 Å². The Kier molecular flexibility index (Phi) is 16.8. The largest absolute Gasteiger partial charge is 0.487 e. The van der Waals surface area contributed by atoms with E-state index in [-0.39, 0.29) is 70.4 Å². The number of rotatable bonds is 23. The van der Waals surface area contributed by atoms with E-state index in [1.165, 1.54) is 19.2 Å². The fraction of sp³-hybridized carbons (Fsp3) is 0.442. The van der Waals surface area contributed by atoms with Crippen molar-refractivity contribution in [3.8, 4) is 11.5 Å². The van der Waals surface area contributed by atoms with Crippen LogP contribution in [-0.4, -0.2) is 83.9 Å². The summed E-state index contributed by atoms with van der Waals surface area (Å²) in [6.07, 6.45) is 7.94. The molecule has 0 saturated heterocycles. The second-order valence-corrected chi connectivity index (χ2v) is 16.9. The van der Waals surface area contributed by atoms with Gasteiger partial charge in [-0.05, 0) is 104 Å². The number of nitrogens with zero attached hydrogens (tertiary/aromatic N) is 3. The van der Waals surface area contributed by atoms with E-state index in [1.54, 1.807) is 23.1 Å². The number of benzene rings is 3. The lowest BCUT2D eigenvalue weighted by atomic mass is 9.55. The Morgan fingerprint density at radius 2 is 1.74 bits per heavy atom. The Hall–Kier alpha value is -5.60. The van der Waals surface area contributed by atoms with Crippen molar-refractivity contribution in [2.24, 2.45) is 22.9 Å². The van der Waals surface area contributed by atoms with Crippen molar-refractivity contribution < 1.29 is 47.9 Å². The Morgan fingerprint density at radius 1 is 0.954 bits per heavy atom. The normalized spacial score (nSPS) is 22.5. The zero-order valence-electron chi connectivity index (χ0n) is 37.5. The molecular weight excluding hydrogens is 830 g/mol. The van der Waals surface area contributed by atoms with Crippen LogP contribution in [0.25, 0.3) is 0 Å². The maximum absolute atomic E-state index is 14.8. The first kappa shape index (κ1) is 47.4. The van der Waals surface area contributed by atoms with E-state index < -0.39 is 29.7 Å². The highest BCUT2D eigenvalue weighted by Crippen LogP contribution is 2.62. The highest BCUT2D eigenvalue weighted by molar-refractivity contribution is 6.03. The van der Waals surface area contributed by atoms with E-state index >= 15 is 0 Å². The molecule has 0 spiro atoms. The quantitative estimate of drug-likeness (QED) is 0.0421. The highest BCUT2D eigenvalue weighted by atomic mass is 19.1. The number of oxime groups is 1. The third kappa shape index (κ3) is 11.4. The summed E-state index contributed by atoms with van der Waals surface area (Å²) < 4.78 is 47.1. The number of aliphatic hydroxyl groups is 2. The topological polar surface area (TPSA) is 141 Å². The van der Waals surface area contributed by atoms with Crippen LogP contribution in [-0.2, 0) is 38.8 Å². The molecule has 2 aliphatic carbocycles. The number of aryl methyl sites for hydroxylation is 1. The Morgan fingerprint density at radius 3 is 2.48 bits per heavy atom. The first-order chi connectivity index (χ1) is 31.8. The Balaban J connectivity index is 1.34. The van der Waals surface area contributed by atoms with Crippen LogP contribution in [0, 0.1) is 30.5 Å². The minimum atomic E-state index is -1.52. The molecule has 65 heavy (non-hydrogen) atoms. The SMILES string of the molecule is C=CCO[C@@]12Oc3ccc(OCc4cccc(C)n4)cc3[C@H]3[C@H](CCCCO)[C@@H](CCCCO)C=C(C(=NOC)C[C@@H]1N(Cc1ccc(F)cc1)C(=O)OCCOCc1ccccc1)[C@H]32. The molecule has 12 nitrogen and oxygen atoms in total. The van der Waals surface area contributed by atoms with E-state index in [0.29, 0.717) is 42.2 Å². The molecule has 2 N–H and O–H groups in total. The second-order valence-electron chi connectivity index (χ2n) is 16.9. The van der Waals surface area contributed by atoms with Crippen molar-refractivity contribution in [2.75, 3.05) is 40.1 Å². The van der Waals surface area contributed by atoms with Crippen LogP contribution < -0.4 is 9.47 Å². The minimum absolute atomic E-state index is 0.0128. The second kappa shape index (κ2) is 23.0. The van der Waals surface area contributed by atoms with Gasteiger partial charge in [0, 0.05) is 43.4 Å². The number of carbonyl (C=O) groups is 1. The molecule has 4 aromatic rings. The molecule has 2 heterocycles. The highest BCUT2D eigenvalue weighted by Gasteiger charge is 2.65. The first-order valence-electron chi connectivity index (χ1n) is 22.7. The third-order valence-corrected chi connectivity index (χ3v) is 12.6. The van der Waals surface area contributed by atoms with Crippen LogP contribution in [0.15, 0.2) is 120 Å². The number of fused-ring (bicyclic) bond motifs is 2. The lowest BCUT2D eigenvalue weighted by Crippen LogP contribution is -2.70. The van der Waals surface area contributed by atoms with Gasteiger partial charge in [-0.25, -0.2) is 9.18 Å². The van der Waals surface area contributed by atoms with Crippen LogP contribution in [0.1, 0.15) is 78.9 Å². The number of amides is 1. The van der Waals surface area contributed by atoms with Gasteiger partial charge in [-0.3, -0.25) is 9.88 Å². The van der Waals surface area contributed by atoms with Gasteiger partial charge in [0.15, 0.2) is 0 Å².